The second-order valence-corrected chi connectivity index (χ2v) is 4.07. The van der Waals surface area contributed by atoms with Crippen molar-refractivity contribution < 1.29 is 5.11 Å². The van der Waals surface area contributed by atoms with Crippen LogP contribution in [0.1, 0.15) is 24.4 Å². The first-order valence-corrected chi connectivity index (χ1v) is 5.64. The summed E-state index contributed by atoms with van der Waals surface area (Å²) >= 11 is 0. The van der Waals surface area contributed by atoms with Crippen LogP contribution in [0, 0.1) is 0 Å². The van der Waals surface area contributed by atoms with Crippen LogP contribution in [0.25, 0.3) is 0 Å². The second kappa shape index (κ2) is 5.10. The zero-order chi connectivity index (χ0) is 11.4. The maximum absolute atomic E-state index is 10.2. The van der Waals surface area contributed by atoms with Gasteiger partial charge in [-0.05, 0) is 24.0 Å². The van der Waals surface area contributed by atoms with Gasteiger partial charge in [0.1, 0.15) is 0 Å². The molecule has 1 aromatic carbocycles. The lowest BCUT2D eigenvalue weighted by atomic mass is 9.93. The van der Waals surface area contributed by atoms with E-state index in [4.69, 9.17) is 5.73 Å². The smallest absolute Gasteiger partial charge is 0.0979 e. The van der Waals surface area contributed by atoms with E-state index < -0.39 is 6.10 Å². The number of benzene rings is 1. The van der Waals surface area contributed by atoms with Gasteiger partial charge in [-0.3, -0.25) is 0 Å². The van der Waals surface area contributed by atoms with Crippen LogP contribution in [0.5, 0.6) is 0 Å². The van der Waals surface area contributed by atoms with Crippen LogP contribution in [0.4, 0.5) is 0 Å². The molecule has 2 rings (SSSR count). The lowest BCUT2D eigenvalue weighted by Gasteiger charge is -2.21. The van der Waals surface area contributed by atoms with E-state index in [0.717, 1.165) is 24.0 Å². The van der Waals surface area contributed by atoms with Crippen LogP contribution in [0.3, 0.4) is 0 Å². The van der Waals surface area contributed by atoms with Crippen LogP contribution >= 0.6 is 0 Å². The SMILES string of the molecule is N[C@@H](c1ccccc1)[C@H](O)C1=CCCC=C1. The maximum atomic E-state index is 10.2. The minimum atomic E-state index is -0.612. The predicted octanol–water partition coefficient (Wildman–Crippen LogP) is 2.32. The van der Waals surface area contributed by atoms with Gasteiger partial charge in [0.2, 0.25) is 0 Å². The molecule has 2 heteroatoms. The predicted molar refractivity (Wildman–Crippen MR) is 65.8 cm³/mol. The fourth-order valence-corrected chi connectivity index (χ4v) is 1.92. The van der Waals surface area contributed by atoms with Crippen LogP contribution in [-0.4, -0.2) is 11.2 Å². The molecule has 0 radical (unpaired) electrons. The summed E-state index contributed by atoms with van der Waals surface area (Å²) in [5.41, 5.74) is 7.95. The van der Waals surface area contributed by atoms with Crippen molar-refractivity contribution in [2.75, 3.05) is 0 Å². The highest BCUT2D eigenvalue weighted by molar-refractivity contribution is 5.31. The molecule has 84 valence electrons. The molecule has 0 amide bonds. The van der Waals surface area contributed by atoms with Gasteiger partial charge >= 0.3 is 0 Å². The van der Waals surface area contributed by atoms with E-state index in [1.54, 1.807) is 0 Å². The first-order valence-electron chi connectivity index (χ1n) is 5.64. The quantitative estimate of drug-likeness (QED) is 0.812. The lowest BCUT2D eigenvalue weighted by Crippen LogP contribution is -2.27. The molecule has 0 aliphatic heterocycles. The molecule has 3 N–H and O–H groups in total. The minimum absolute atomic E-state index is 0.352. The molecule has 0 bridgehead atoms. The van der Waals surface area contributed by atoms with Crippen molar-refractivity contribution in [1.29, 1.82) is 0 Å². The van der Waals surface area contributed by atoms with Crippen molar-refractivity contribution in [2.45, 2.75) is 25.0 Å². The molecule has 1 aliphatic carbocycles. The Morgan fingerprint density at radius 2 is 1.88 bits per heavy atom. The van der Waals surface area contributed by atoms with Crippen LogP contribution < -0.4 is 5.73 Å². The summed E-state index contributed by atoms with van der Waals surface area (Å²) in [5.74, 6) is 0. The topological polar surface area (TPSA) is 46.2 Å². The summed E-state index contributed by atoms with van der Waals surface area (Å²) in [7, 11) is 0. The number of hydrogen-bond acceptors (Lipinski definition) is 2. The van der Waals surface area contributed by atoms with Crippen LogP contribution in [-0.2, 0) is 0 Å². The summed E-state index contributed by atoms with van der Waals surface area (Å²) in [6, 6.07) is 9.36. The third kappa shape index (κ3) is 2.40. The van der Waals surface area contributed by atoms with Gasteiger partial charge in [0.25, 0.3) is 0 Å². The molecule has 0 spiro atoms. The largest absolute Gasteiger partial charge is 0.386 e. The van der Waals surface area contributed by atoms with Gasteiger partial charge < -0.3 is 10.8 Å². The van der Waals surface area contributed by atoms with Crippen molar-refractivity contribution in [3.8, 4) is 0 Å². The molecule has 1 aliphatic rings. The highest BCUT2D eigenvalue weighted by Gasteiger charge is 2.19. The number of aliphatic hydroxyl groups is 1. The van der Waals surface area contributed by atoms with E-state index in [1.165, 1.54) is 0 Å². The van der Waals surface area contributed by atoms with Crippen LogP contribution in [0.2, 0.25) is 0 Å². The van der Waals surface area contributed by atoms with E-state index >= 15 is 0 Å². The van der Waals surface area contributed by atoms with Gasteiger partial charge in [0.05, 0.1) is 12.1 Å². The molecule has 16 heavy (non-hydrogen) atoms. The third-order valence-corrected chi connectivity index (χ3v) is 2.89. The number of hydrogen-bond donors (Lipinski definition) is 2. The molecule has 0 saturated carbocycles. The van der Waals surface area contributed by atoms with Crippen molar-refractivity contribution in [2.24, 2.45) is 5.73 Å². The first kappa shape index (κ1) is 11.1. The highest BCUT2D eigenvalue weighted by Crippen LogP contribution is 2.22. The Kier molecular flexibility index (Phi) is 3.54. The average molecular weight is 215 g/mol. The summed E-state index contributed by atoms with van der Waals surface area (Å²) in [4.78, 5) is 0. The Hall–Kier alpha value is -1.38. The Bertz CT molecular complexity index is 394. The summed E-state index contributed by atoms with van der Waals surface area (Å²) in [5, 5.41) is 10.2. The van der Waals surface area contributed by atoms with E-state index in [2.05, 4.69) is 12.2 Å². The van der Waals surface area contributed by atoms with Gasteiger partial charge in [-0.1, -0.05) is 48.6 Å². The molecule has 2 atom stereocenters. The Morgan fingerprint density at radius 1 is 1.12 bits per heavy atom. The monoisotopic (exact) mass is 215 g/mol. The van der Waals surface area contributed by atoms with Crippen LogP contribution in [0.15, 0.2) is 54.1 Å². The Labute approximate surface area is 96.1 Å². The molecule has 0 saturated heterocycles. The Morgan fingerprint density at radius 3 is 2.50 bits per heavy atom. The highest BCUT2D eigenvalue weighted by atomic mass is 16.3. The summed E-state index contributed by atoms with van der Waals surface area (Å²) < 4.78 is 0. The molecule has 0 unspecified atom stereocenters. The van der Waals surface area contributed by atoms with E-state index in [-0.39, 0.29) is 6.04 Å². The number of aliphatic hydroxyl groups excluding tert-OH is 1. The van der Waals surface area contributed by atoms with Crippen molar-refractivity contribution >= 4 is 0 Å². The zero-order valence-corrected chi connectivity index (χ0v) is 9.21. The molecule has 2 nitrogen and oxygen atoms in total. The number of rotatable bonds is 3. The lowest BCUT2D eigenvalue weighted by molar-refractivity contribution is 0.183. The van der Waals surface area contributed by atoms with E-state index in [0.29, 0.717) is 0 Å². The molecule has 0 heterocycles. The van der Waals surface area contributed by atoms with Crippen molar-refractivity contribution in [3.05, 3.63) is 59.7 Å². The molecule has 1 aromatic rings. The minimum Gasteiger partial charge on any atom is -0.386 e. The summed E-state index contributed by atoms with van der Waals surface area (Å²) in [6.45, 7) is 0. The van der Waals surface area contributed by atoms with Gasteiger partial charge in [0.15, 0.2) is 0 Å². The normalized spacial score (nSPS) is 19.0. The Balaban J connectivity index is 2.13. The standard InChI is InChI=1S/C14H17NO/c15-13(11-7-3-1-4-8-11)14(16)12-9-5-2-6-10-12/h1,3-5,7-10,13-14,16H,2,6,15H2/t13-,14+/m0/s1. The number of allylic oxidation sites excluding steroid dienone is 2. The first-order chi connectivity index (χ1) is 7.79. The fourth-order valence-electron chi connectivity index (χ4n) is 1.92. The van der Waals surface area contributed by atoms with Crippen molar-refractivity contribution in [3.63, 3.8) is 0 Å². The number of nitrogens with two attached hydrogens (primary N) is 1. The maximum Gasteiger partial charge on any atom is 0.0979 e. The average Bonchev–Trinajstić information content (AvgIpc) is 2.39. The van der Waals surface area contributed by atoms with Gasteiger partial charge in [-0.15, -0.1) is 0 Å². The zero-order valence-electron chi connectivity index (χ0n) is 9.21. The molecular weight excluding hydrogens is 198 g/mol. The fraction of sp³-hybridized carbons (Fsp3) is 0.286. The molecule has 0 fully saturated rings. The van der Waals surface area contributed by atoms with Gasteiger partial charge in [-0.25, -0.2) is 0 Å². The molecule has 0 aromatic heterocycles. The van der Waals surface area contributed by atoms with Gasteiger partial charge in [0, 0.05) is 0 Å². The van der Waals surface area contributed by atoms with E-state index in [1.807, 2.05) is 36.4 Å². The van der Waals surface area contributed by atoms with Crippen molar-refractivity contribution in [1.82, 2.24) is 0 Å². The second-order valence-electron chi connectivity index (χ2n) is 4.07. The van der Waals surface area contributed by atoms with Gasteiger partial charge in [-0.2, -0.15) is 0 Å². The third-order valence-electron chi connectivity index (χ3n) is 2.89. The molecular formula is C14H17NO. The summed E-state index contributed by atoms with van der Waals surface area (Å²) in [6.07, 6.45) is 7.54. The van der Waals surface area contributed by atoms with E-state index in [9.17, 15) is 5.11 Å².